The van der Waals surface area contributed by atoms with Crippen molar-refractivity contribution in [2.75, 3.05) is 0 Å². The Morgan fingerprint density at radius 1 is 1.22 bits per heavy atom. The Balaban J connectivity index is 2.31. The molecule has 1 heterocycles. The van der Waals surface area contributed by atoms with Gasteiger partial charge >= 0.3 is 0 Å². The summed E-state index contributed by atoms with van der Waals surface area (Å²) < 4.78 is 0. The van der Waals surface area contributed by atoms with Gasteiger partial charge in [-0.3, -0.25) is 9.78 Å². The van der Waals surface area contributed by atoms with Gasteiger partial charge in [0.2, 0.25) is 0 Å². The Morgan fingerprint density at radius 3 is 2.44 bits per heavy atom. The molecule has 1 unspecified atom stereocenters. The zero-order chi connectivity index (χ0) is 13.1. The van der Waals surface area contributed by atoms with E-state index in [1.807, 2.05) is 38.1 Å². The van der Waals surface area contributed by atoms with Crippen LogP contribution in [0.25, 0.3) is 0 Å². The first kappa shape index (κ1) is 13.0. The van der Waals surface area contributed by atoms with Gasteiger partial charge in [-0.2, -0.15) is 0 Å². The predicted octanol–water partition coefficient (Wildman–Crippen LogP) is 4.02. The SMILES string of the molecule is Cc1cc(C)cc(C(=O)C(Br)c2cccnc2)c1. The number of hydrogen-bond donors (Lipinski definition) is 0. The number of carbonyl (C=O) groups excluding carboxylic acids is 1. The van der Waals surface area contributed by atoms with E-state index in [1.54, 1.807) is 12.4 Å². The number of pyridine rings is 1. The van der Waals surface area contributed by atoms with Gasteiger partial charge in [0.05, 0.1) is 0 Å². The van der Waals surface area contributed by atoms with Crippen molar-refractivity contribution in [2.24, 2.45) is 0 Å². The summed E-state index contributed by atoms with van der Waals surface area (Å²) in [6.07, 6.45) is 3.41. The minimum atomic E-state index is -0.340. The smallest absolute Gasteiger partial charge is 0.180 e. The lowest BCUT2D eigenvalue weighted by Gasteiger charge is -2.10. The fourth-order valence-corrected chi connectivity index (χ4v) is 2.48. The van der Waals surface area contributed by atoms with Gasteiger partial charge in [0.25, 0.3) is 0 Å². The van der Waals surface area contributed by atoms with Crippen molar-refractivity contribution in [3.63, 3.8) is 0 Å². The van der Waals surface area contributed by atoms with E-state index in [0.717, 1.165) is 22.3 Å². The lowest BCUT2D eigenvalue weighted by atomic mass is 10.0. The summed E-state index contributed by atoms with van der Waals surface area (Å²) >= 11 is 3.45. The number of aryl methyl sites for hydroxylation is 2. The zero-order valence-electron chi connectivity index (χ0n) is 10.4. The first-order chi connectivity index (χ1) is 8.58. The molecule has 18 heavy (non-hydrogen) atoms. The van der Waals surface area contributed by atoms with Gasteiger partial charge in [0.15, 0.2) is 5.78 Å². The Labute approximate surface area is 115 Å². The molecule has 2 aromatic rings. The molecule has 92 valence electrons. The summed E-state index contributed by atoms with van der Waals surface area (Å²) in [6.45, 7) is 3.99. The lowest BCUT2D eigenvalue weighted by Crippen LogP contribution is -2.08. The van der Waals surface area contributed by atoms with E-state index < -0.39 is 0 Å². The largest absolute Gasteiger partial charge is 0.293 e. The normalized spacial score (nSPS) is 12.2. The van der Waals surface area contributed by atoms with Gasteiger partial charge in [0, 0.05) is 18.0 Å². The zero-order valence-corrected chi connectivity index (χ0v) is 11.9. The first-order valence-electron chi connectivity index (χ1n) is 5.74. The molecular weight excluding hydrogens is 290 g/mol. The standard InChI is InChI=1S/C15H14BrNO/c1-10-6-11(2)8-13(7-10)15(18)14(16)12-4-3-5-17-9-12/h3-9,14H,1-2H3. The Bertz CT molecular complexity index is 546. The van der Waals surface area contributed by atoms with Gasteiger partial charge in [-0.05, 0) is 37.6 Å². The number of Topliss-reactive ketones (excluding diaryl/α,β-unsaturated/α-hetero) is 1. The average molecular weight is 304 g/mol. The third-order valence-corrected chi connectivity index (χ3v) is 3.66. The number of benzene rings is 1. The van der Waals surface area contributed by atoms with Crippen LogP contribution in [0.1, 0.15) is 31.9 Å². The number of hydrogen-bond acceptors (Lipinski definition) is 2. The molecule has 0 aliphatic rings. The van der Waals surface area contributed by atoms with Crippen molar-refractivity contribution in [1.29, 1.82) is 0 Å². The van der Waals surface area contributed by atoms with Gasteiger partial charge in [0.1, 0.15) is 4.83 Å². The summed E-state index contributed by atoms with van der Waals surface area (Å²) in [5.41, 5.74) is 3.81. The van der Waals surface area contributed by atoms with Crippen molar-refractivity contribution in [3.8, 4) is 0 Å². The maximum Gasteiger partial charge on any atom is 0.180 e. The van der Waals surface area contributed by atoms with Crippen LogP contribution in [0, 0.1) is 13.8 Å². The second-order valence-corrected chi connectivity index (χ2v) is 5.31. The molecule has 0 amide bonds. The molecule has 1 atom stereocenters. The fraction of sp³-hybridized carbons (Fsp3) is 0.200. The first-order valence-corrected chi connectivity index (χ1v) is 6.66. The number of aromatic nitrogens is 1. The van der Waals surface area contributed by atoms with Crippen LogP contribution in [0.5, 0.6) is 0 Å². The maximum absolute atomic E-state index is 12.4. The number of carbonyl (C=O) groups is 1. The molecule has 0 saturated heterocycles. The summed E-state index contributed by atoms with van der Waals surface area (Å²) in [5.74, 6) is 0.0646. The van der Waals surface area contributed by atoms with E-state index in [1.165, 1.54) is 0 Å². The number of halogens is 1. The topological polar surface area (TPSA) is 30.0 Å². The molecule has 0 aliphatic carbocycles. The maximum atomic E-state index is 12.4. The third kappa shape index (κ3) is 2.85. The van der Waals surface area contributed by atoms with Crippen molar-refractivity contribution in [2.45, 2.75) is 18.7 Å². The fourth-order valence-electron chi connectivity index (χ4n) is 1.94. The molecule has 0 saturated carbocycles. The van der Waals surface area contributed by atoms with Crippen LogP contribution in [0.2, 0.25) is 0 Å². The number of alkyl halides is 1. The minimum absolute atomic E-state index is 0.0646. The second kappa shape index (κ2) is 5.44. The van der Waals surface area contributed by atoms with Crippen molar-refractivity contribution < 1.29 is 4.79 Å². The van der Waals surface area contributed by atoms with Crippen molar-refractivity contribution in [3.05, 3.63) is 65.0 Å². The van der Waals surface area contributed by atoms with Crippen molar-refractivity contribution >= 4 is 21.7 Å². The predicted molar refractivity (Wildman–Crippen MR) is 76.2 cm³/mol. The van der Waals surface area contributed by atoms with E-state index >= 15 is 0 Å². The molecule has 0 fully saturated rings. The minimum Gasteiger partial charge on any atom is -0.293 e. The molecule has 0 bridgehead atoms. The van der Waals surface area contributed by atoms with E-state index in [-0.39, 0.29) is 10.6 Å². The molecule has 0 radical (unpaired) electrons. The molecule has 0 N–H and O–H groups in total. The summed E-state index contributed by atoms with van der Waals surface area (Å²) in [4.78, 5) is 16.1. The quantitative estimate of drug-likeness (QED) is 0.633. The van der Waals surface area contributed by atoms with E-state index in [0.29, 0.717) is 0 Å². The molecule has 1 aromatic heterocycles. The Morgan fingerprint density at radius 2 is 1.89 bits per heavy atom. The number of ketones is 1. The summed E-state index contributed by atoms with van der Waals surface area (Å²) in [7, 11) is 0. The second-order valence-electron chi connectivity index (χ2n) is 4.39. The molecule has 0 spiro atoms. The molecule has 1 aromatic carbocycles. The number of nitrogens with zero attached hydrogens (tertiary/aromatic N) is 1. The average Bonchev–Trinajstić information content (AvgIpc) is 2.37. The Hall–Kier alpha value is -1.48. The van der Waals surface area contributed by atoms with Crippen LogP contribution in [0.3, 0.4) is 0 Å². The molecule has 0 aliphatic heterocycles. The number of rotatable bonds is 3. The van der Waals surface area contributed by atoms with E-state index in [9.17, 15) is 4.79 Å². The van der Waals surface area contributed by atoms with Crippen LogP contribution < -0.4 is 0 Å². The van der Waals surface area contributed by atoms with Gasteiger partial charge in [-0.1, -0.05) is 39.2 Å². The van der Waals surface area contributed by atoms with E-state index in [4.69, 9.17) is 0 Å². The van der Waals surface area contributed by atoms with Crippen LogP contribution >= 0.6 is 15.9 Å². The Kier molecular flexibility index (Phi) is 3.92. The van der Waals surface area contributed by atoms with Gasteiger partial charge in [-0.25, -0.2) is 0 Å². The van der Waals surface area contributed by atoms with E-state index in [2.05, 4.69) is 27.0 Å². The molecule has 2 rings (SSSR count). The van der Waals surface area contributed by atoms with Crippen LogP contribution in [-0.4, -0.2) is 10.8 Å². The lowest BCUT2D eigenvalue weighted by molar-refractivity contribution is 0.0991. The monoisotopic (exact) mass is 303 g/mol. The van der Waals surface area contributed by atoms with Crippen LogP contribution in [0.15, 0.2) is 42.7 Å². The van der Waals surface area contributed by atoms with Gasteiger partial charge in [-0.15, -0.1) is 0 Å². The van der Waals surface area contributed by atoms with Crippen LogP contribution in [-0.2, 0) is 0 Å². The molecule has 2 nitrogen and oxygen atoms in total. The molecular formula is C15H14BrNO. The highest BCUT2D eigenvalue weighted by atomic mass is 79.9. The van der Waals surface area contributed by atoms with Crippen molar-refractivity contribution in [1.82, 2.24) is 4.98 Å². The summed E-state index contributed by atoms with van der Waals surface area (Å²) in [5, 5.41) is 0. The summed E-state index contributed by atoms with van der Waals surface area (Å²) in [6, 6.07) is 9.62. The highest BCUT2D eigenvalue weighted by molar-refractivity contribution is 9.09. The third-order valence-electron chi connectivity index (χ3n) is 2.71. The van der Waals surface area contributed by atoms with Gasteiger partial charge < -0.3 is 0 Å². The highest BCUT2D eigenvalue weighted by Crippen LogP contribution is 2.27. The molecule has 3 heteroatoms. The van der Waals surface area contributed by atoms with Crippen LogP contribution in [0.4, 0.5) is 0 Å². The highest BCUT2D eigenvalue weighted by Gasteiger charge is 2.19.